The molecule has 0 amide bonds. The molecule has 2 heterocycles. The van der Waals surface area contributed by atoms with Crippen molar-refractivity contribution in [1.82, 2.24) is 15.2 Å². The molecule has 1 N–H and O–H groups in total. The zero-order chi connectivity index (χ0) is 12.8. The Kier molecular flexibility index (Phi) is 5.31. The normalized spacial score (nSPS) is 21.1. The monoisotopic (exact) mass is 284 g/mol. The fourth-order valence-electron chi connectivity index (χ4n) is 1.99. The molecule has 6 heteroatoms. The minimum atomic E-state index is 0.733. The number of guanidine groups is 1. The van der Waals surface area contributed by atoms with Crippen LogP contribution in [0.1, 0.15) is 18.4 Å². The molecule has 100 valence electrons. The lowest BCUT2D eigenvalue weighted by Crippen LogP contribution is -2.47. The molecule has 0 aliphatic carbocycles. The minimum absolute atomic E-state index is 0.733. The molecule has 18 heavy (non-hydrogen) atoms. The van der Waals surface area contributed by atoms with Gasteiger partial charge in [0.1, 0.15) is 5.01 Å². The minimum Gasteiger partial charge on any atom is -0.350 e. The van der Waals surface area contributed by atoms with Crippen molar-refractivity contribution in [3.05, 3.63) is 16.6 Å². The first kappa shape index (κ1) is 13.7. The summed E-state index contributed by atoms with van der Waals surface area (Å²) in [6.45, 7) is 5.20. The van der Waals surface area contributed by atoms with Gasteiger partial charge in [0, 0.05) is 42.7 Å². The lowest BCUT2D eigenvalue weighted by atomic mass is 10.3. The average Bonchev–Trinajstić information content (AvgIpc) is 2.93. The van der Waals surface area contributed by atoms with Crippen LogP contribution in [0.2, 0.25) is 0 Å². The number of hydrogen-bond donors (Lipinski definition) is 1. The zero-order valence-electron chi connectivity index (χ0n) is 10.9. The van der Waals surface area contributed by atoms with E-state index in [1.807, 2.05) is 18.6 Å². The van der Waals surface area contributed by atoms with Crippen molar-refractivity contribution in [3.63, 3.8) is 0 Å². The van der Waals surface area contributed by atoms with Gasteiger partial charge in [0.2, 0.25) is 0 Å². The van der Waals surface area contributed by atoms with Crippen LogP contribution >= 0.6 is 23.1 Å². The molecule has 0 bridgehead atoms. The third-order valence-corrected chi connectivity index (χ3v) is 5.14. The molecular weight excluding hydrogens is 264 g/mol. The van der Waals surface area contributed by atoms with Crippen molar-refractivity contribution in [2.75, 3.05) is 25.9 Å². The molecule has 1 fully saturated rings. The number of rotatable bonds is 3. The Bertz CT molecular complexity index is 377. The van der Waals surface area contributed by atoms with E-state index in [-0.39, 0.29) is 0 Å². The highest BCUT2D eigenvalue weighted by Crippen LogP contribution is 2.21. The van der Waals surface area contributed by atoms with E-state index in [0.717, 1.165) is 35.9 Å². The molecule has 0 radical (unpaired) electrons. The summed E-state index contributed by atoms with van der Waals surface area (Å²) in [6, 6.07) is 0. The fraction of sp³-hybridized carbons (Fsp3) is 0.667. The van der Waals surface area contributed by atoms with Crippen molar-refractivity contribution >= 4 is 29.1 Å². The molecule has 1 aliphatic heterocycles. The number of thioether (sulfide) groups is 1. The summed E-state index contributed by atoms with van der Waals surface area (Å²) in [4.78, 5) is 11.0. The van der Waals surface area contributed by atoms with Gasteiger partial charge < -0.3 is 10.2 Å². The van der Waals surface area contributed by atoms with Gasteiger partial charge in [-0.05, 0) is 6.42 Å². The third kappa shape index (κ3) is 3.62. The summed E-state index contributed by atoms with van der Waals surface area (Å²) in [5.74, 6) is 2.19. The van der Waals surface area contributed by atoms with Crippen LogP contribution in [0, 0.1) is 0 Å². The highest BCUT2D eigenvalue weighted by molar-refractivity contribution is 8.00. The van der Waals surface area contributed by atoms with E-state index in [1.165, 1.54) is 12.2 Å². The van der Waals surface area contributed by atoms with Crippen LogP contribution in [-0.2, 0) is 6.54 Å². The molecule has 1 aromatic heterocycles. The van der Waals surface area contributed by atoms with Crippen LogP contribution in [0.25, 0.3) is 0 Å². The molecule has 1 atom stereocenters. The molecule has 2 rings (SSSR count). The Labute approximate surface area is 117 Å². The van der Waals surface area contributed by atoms with Gasteiger partial charge >= 0.3 is 0 Å². The quantitative estimate of drug-likeness (QED) is 0.681. The van der Waals surface area contributed by atoms with Crippen molar-refractivity contribution in [2.24, 2.45) is 4.99 Å². The number of thiazole rings is 1. The Balaban J connectivity index is 1.88. The molecule has 1 saturated heterocycles. The predicted molar refractivity (Wildman–Crippen MR) is 80.4 cm³/mol. The van der Waals surface area contributed by atoms with E-state index in [9.17, 15) is 0 Å². The molecule has 1 unspecified atom stereocenters. The summed E-state index contributed by atoms with van der Waals surface area (Å²) in [6.07, 6.45) is 3.07. The van der Waals surface area contributed by atoms with Crippen molar-refractivity contribution < 1.29 is 0 Å². The van der Waals surface area contributed by atoms with Crippen LogP contribution in [0.3, 0.4) is 0 Å². The van der Waals surface area contributed by atoms with E-state index >= 15 is 0 Å². The average molecular weight is 284 g/mol. The number of aliphatic imine (C=N–C) groups is 1. The fourth-order valence-corrected chi connectivity index (χ4v) is 3.72. The second-order valence-corrected chi connectivity index (χ2v) is 6.56. The number of aromatic nitrogens is 1. The first-order valence-electron chi connectivity index (χ1n) is 6.29. The second-order valence-electron chi connectivity index (χ2n) is 4.17. The van der Waals surface area contributed by atoms with Gasteiger partial charge in [0.05, 0.1) is 6.54 Å². The van der Waals surface area contributed by atoms with Crippen LogP contribution in [0.4, 0.5) is 0 Å². The highest BCUT2D eigenvalue weighted by Gasteiger charge is 2.21. The molecule has 0 aromatic carbocycles. The lowest BCUT2D eigenvalue weighted by Gasteiger charge is -2.34. The van der Waals surface area contributed by atoms with E-state index in [4.69, 9.17) is 0 Å². The molecule has 1 aromatic rings. The second kappa shape index (κ2) is 6.99. The van der Waals surface area contributed by atoms with Crippen LogP contribution in [0.15, 0.2) is 16.6 Å². The summed E-state index contributed by atoms with van der Waals surface area (Å²) < 4.78 is 0. The Morgan fingerprint density at radius 1 is 1.67 bits per heavy atom. The van der Waals surface area contributed by atoms with Gasteiger partial charge in [-0.15, -0.1) is 11.3 Å². The molecular formula is C12H20N4S2. The SMILES string of the molecule is CCC1CN(C(=NC)NCc2nccs2)CCS1. The van der Waals surface area contributed by atoms with Crippen molar-refractivity contribution in [2.45, 2.75) is 25.1 Å². The van der Waals surface area contributed by atoms with Gasteiger partial charge in [-0.2, -0.15) is 11.8 Å². The molecule has 4 nitrogen and oxygen atoms in total. The number of nitrogens with one attached hydrogen (secondary N) is 1. The van der Waals surface area contributed by atoms with Gasteiger partial charge in [-0.25, -0.2) is 4.98 Å². The van der Waals surface area contributed by atoms with Gasteiger partial charge in [0.25, 0.3) is 0 Å². The van der Waals surface area contributed by atoms with E-state index in [0.29, 0.717) is 0 Å². The maximum absolute atomic E-state index is 4.38. The van der Waals surface area contributed by atoms with E-state index in [1.54, 1.807) is 11.3 Å². The smallest absolute Gasteiger partial charge is 0.194 e. The molecule has 0 spiro atoms. The Morgan fingerprint density at radius 2 is 2.56 bits per heavy atom. The van der Waals surface area contributed by atoms with E-state index < -0.39 is 0 Å². The Hall–Kier alpha value is -0.750. The van der Waals surface area contributed by atoms with Gasteiger partial charge in [-0.1, -0.05) is 6.92 Å². The van der Waals surface area contributed by atoms with Crippen LogP contribution in [0.5, 0.6) is 0 Å². The van der Waals surface area contributed by atoms with Crippen molar-refractivity contribution in [3.8, 4) is 0 Å². The van der Waals surface area contributed by atoms with Crippen molar-refractivity contribution in [1.29, 1.82) is 0 Å². The maximum atomic E-state index is 4.38. The molecule has 0 saturated carbocycles. The predicted octanol–water partition coefficient (Wildman–Crippen LogP) is 2.05. The maximum Gasteiger partial charge on any atom is 0.194 e. The third-order valence-electron chi connectivity index (χ3n) is 2.99. The topological polar surface area (TPSA) is 40.5 Å². The number of hydrogen-bond acceptors (Lipinski definition) is 4. The highest BCUT2D eigenvalue weighted by atomic mass is 32.2. The largest absolute Gasteiger partial charge is 0.350 e. The lowest BCUT2D eigenvalue weighted by molar-refractivity contribution is 0.408. The first-order chi connectivity index (χ1) is 8.83. The number of nitrogens with zero attached hydrogens (tertiary/aromatic N) is 3. The van der Waals surface area contributed by atoms with Crippen LogP contribution in [-0.4, -0.2) is 47.0 Å². The first-order valence-corrected chi connectivity index (χ1v) is 8.22. The standard InChI is InChI=1S/C12H20N4S2/c1-3-10-9-16(5-7-17-10)12(13-2)15-8-11-14-4-6-18-11/h4,6,10H,3,5,7-9H2,1-2H3,(H,13,15). The summed E-state index contributed by atoms with van der Waals surface area (Å²) in [5, 5.41) is 7.24. The molecule has 1 aliphatic rings. The Morgan fingerprint density at radius 3 is 3.22 bits per heavy atom. The summed E-state index contributed by atoms with van der Waals surface area (Å²) >= 11 is 3.75. The summed E-state index contributed by atoms with van der Waals surface area (Å²) in [5.41, 5.74) is 0. The van der Waals surface area contributed by atoms with Gasteiger partial charge in [0.15, 0.2) is 5.96 Å². The summed E-state index contributed by atoms with van der Waals surface area (Å²) in [7, 11) is 1.85. The van der Waals surface area contributed by atoms with E-state index in [2.05, 4.69) is 38.9 Å². The van der Waals surface area contributed by atoms with Gasteiger partial charge in [-0.3, -0.25) is 4.99 Å². The zero-order valence-corrected chi connectivity index (χ0v) is 12.6. The van der Waals surface area contributed by atoms with Crippen LogP contribution < -0.4 is 5.32 Å².